The molecular formula is C19H22NO5-. The summed E-state index contributed by atoms with van der Waals surface area (Å²) in [4.78, 5) is 26.6. The van der Waals surface area contributed by atoms with Crippen LogP contribution in [-0.4, -0.2) is 36.0 Å². The second-order valence-electron chi connectivity index (χ2n) is 7.25. The van der Waals surface area contributed by atoms with Gasteiger partial charge in [0.15, 0.2) is 0 Å². The van der Waals surface area contributed by atoms with Crippen molar-refractivity contribution in [3.63, 3.8) is 0 Å². The first-order chi connectivity index (χ1) is 12.1. The normalized spacial score (nSPS) is 33.0. The van der Waals surface area contributed by atoms with Crippen LogP contribution in [-0.2, 0) is 20.9 Å². The van der Waals surface area contributed by atoms with E-state index in [2.05, 4.69) is 0 Å². The molecule has 0 radical (unpaired) electrons. The Bertz CT molecular complexity index is 661. The predicted molar refractivity (Wildman–Crippen MR) is 85.8 cm³/mol. The van der Waals surface area contributed by atoms with Gasteiger partial charge in [-0.05, 0) is 43.2 Å². The quantitative estimate of drug-likeness (QED) is 0.718. The lowest BCUT2D eigenvalue weighted by atomic mass is 9.82. The maximum atomic E-state index is 13.3. The molecule has 25 heavy (non-hydrogen) atoms. The van der Waals surface area contributed by atoms with Crippen LogP contribution in [0.4, 0.5) is 0 Å². The lowest BCUT2D eigenvalue weighted by Gasteiger charge is -2.33. The predicted octanol–water partition coefficient (Wildman–Crippen LogP) is 0.975. The third kappa shape index (κ3) is 3.11. The minimum atomic E-state index is -1.12. The van der Waals surface area contributed by atoms with Gasteiger partial charge in [-0.1, -0.05) is 12.2 Å². The number of aliphatic carboxylic acids is 1. The molecule has 0 unspecified atom stereocenters. The summed E-state index contributed by atoms with van der Waals surface area (Å²) >= 11 is 0. The lowest BCUT2D eigenvalue weighted by Crippen LogP contribution is -2.47. The first kappa shape index (κ1) is 16.4. The zero-order valence-corrected chi connectivity index (χ0v) is 14.0. The fourth-order valence-electron chi connectivity index (χ4n) is 4.55. The number of allylic oxidation sites excluding steroid dienone is 2. The standard InChI is InChI=1S/C19H23NO5/c21-18(16-12-5-6-13(9-12)17(16)19(22)23)20(10-14-3-1-7-24-14)11-15-4-2-8-25-15/h1,3,5-7,12-13,15-17H,2,4,8-11H2,(H,22,23)/p-1/t12-,13+,15+,16+,17-/m0/s1. The van der Waals surface area contributed by atoms with E-state index in [1.807, 2.05) is 18.2 Å². The van der Waals surface area contributed by atoms with Crippen molar-refractivity contribution in [1.29, 1.82) is 0 Å². The highest BCUT2D eigenvalue weighted by molar-refractivity contribution is 5.86. The number of rotatable bonds is 6. The Kier molecular flexibility index (Phi) is 4.37. The number of amides is 1. The zero-order chi connectivity index (χ0) is 17.4. The Balaban J connectivity index is 1.55. The lowest BCUT2D eigenvalue weighted by molar-refractivity contribution is -0.313. The van der Waals surface area contributed by atoms with Crippen molar-refractivity contribution in [2.45, 2.75) is 31.9 Å². The van der Waals surface area contributed by atoms with E-state index < -0.39 is 17.8 Å². The molecule has 2 heterocycles. The van der Waals surface area contributed by atoms with Gasteiger partial charge in [0.05, 0.1) is 24.8 Å². The van der Waals surface area contributed by atoms with E-state index in [1.54, 1.807) is 17.2 Å². The molecule has 3 aliphatic rings. The molecule has 6 nitrogen and oxygen atoms in total. The van der Waals surface area contributed by atoms with Crippen molar-refractivity contribution in [2.75, 3.05) is 13.2 Å². The van der Waals surface area contributed by atoms with Crippen molar-refractivity contribution in [3.05, 3.63) is 36.3 Å². The zero-order valence-electron chi connectivity index (χ0n) is 14.0. The van der Waals surface area contributed by atoms with Crippen molar-refractivity contribution in [2.24, 2.45) is 23.7 Å². The molecule has 1 aromatic rings. The topological polar surface area (TPSA) is 82.8 Å². The summed E-state index contributed by atoms with van der Waals surface area (Å²) in [6.07, 6.45) is 8.14. The second-order valence-corrected chi connectivity index (χ2v) is 7.25. The van der Waals surface area contributed by atoms with Crippen molar-refractivity contribution in [3.8, 4) is 0 Å². The maximum Gasteiger partial charge on any atom is 0.227 e. The van der Waals surface area contributed by atoms with Gasteiger partial charge < -0.3 is 24.0 Å². The minimum Gasteiger partial charge on any atom is -0.550 e. The van der Waals surface area contributed by atoms with Crippen molar-refractivity contribution < 1.29 is 23.8 Å². The summed E-state index contributed by atoms with van der Waals surface area (Å²) in [6.45, 7) is 1.52. The molecule has 1 aliphatic heterocycles. The van der Waals surface area contributed by atoms with Crippen LogP contribution < -0.4 is 5.11 Å². The van der Waals surface area contributed by atoms with Gasteiger partial charge in [0, 0.05) is 25.0 Å². The molecular weight excluding hydrogens is 322 g/mol. The molecule has 1 saturated carbocycles. The average Bonchev–Trinajstić information content (AvgIpc) is 3.36. The van der Waals surface area contributed by atoms with E-state index in [-0.39, 0.29) is 23.8 Å². The number of furan rings is 1. The average molecular weight is 344 g/mol. The highest BCUT2D eigenvalue weighted by Crippen LogP contribution is 2.48. The fraction of sp³-hybridized carbons (Fsp3) is 0.579. The molecule has 134 valence electrons. The highest BCUT2D eigenvalue weighted by Gasteiger charge is 2.50. The number of nitrogens with zero attached hydrogens (tertiary/aromatic N) is 1. The van der Waals surface area contributed by atoms with Crippen molar-refractivity contribution >= 4 is 11.9 Å². The number of hydrogen-bond donors (Lipinski definition) is 0. The van der Waals surface area contributed by atoms with E-state index in [0.29, 0.717) is 25.5 Å². The molecule has 6 heteroatoms. The first-order valence-corrected chi connectivity index (χ1v) is 8.95. The highest BCUT2D eigenvalue weighted by atomic mass is 16.5. The molecule has 5 atom stereocenters. The number of carboxylic acids is 1. The Morgan fingerprint density at radius 2 is 2.04 bits per heavy atom. The number of carbonyl (C=O) groups excluding carboxylic acids is 2. The van der Waals surface area contributed by atoms with Gasteiger partial charge in [-0.3, -0.25) is 4.79 Å². The van der Waals surface area contributed by atoms with Gasteiger partial charge in [-0.2, -0.15) is 0 Å². The van der Waals surface area contributed by atoms with Crippen LogP contribution in [0.5, 0.6) is 0 Å². The third-order valence-electron chi connectivity index (χ3n) is 5.70. The van der Waals surface area contributed by atoms with E-state index in [0.717, 1.165) is 19.3 Å². The van der Waals surface area contributed by atoms with Gasteiger partial charge >= 0.3 is 0 Å². The van der Waals surface area contributed by atoms with Gasteiger partial charge in [0.25, 0.3) is 0 Å². The van der Waals surface area contributed by atoms with Crippen LogP contribution in [0.25, 0.3) is 0 Å². The molecule has 0 spiro atoms. The molecule has 2 fully saturated rings. The van der Waals surface area contributed by atoms with Gasteiger partial charge in [0.2, 0.25) is 5.91 Å². The Morgan fingerprint density at radius 1 is 1.24 bits per heavy atom. The number of fused-ring (bicyclic) bond motifs is 2. The largest absolute Gasteiger partial charge is 0.550 e. The molecule has 2 aliphatic carbocycles. The smallest absolute Gasteiger partial charge is 0.227 e. The second kappa shape index (κ2) is 6.67. The summed E-state index contributed by atoms with van der Waals surface area (Å²) < 4.78 is 11.1. The molecule has 0 aromatic carbocycles. The summed E-state index contributed by atoms with van der Waals surface area (Å²) in [5, 5.41) is 11.6. The van der Waals surface area contributed by atoms with Crippen LogP contribution >= 0.6 is 0 Å². The van der Waals surface area contributed by atoms with Gasteiger partial charge in [0.1, 0.15) is 5.76 Å². The van der Waals surface area contributed by atoms with Crippen LogP contribution in [0.2, 0.25) is 0 Å². The fourth-order valence-corrected chi connectivity index (χ4v) is 4.55. The Labute approximate surface area is 146 Å². The number of carboxylic acid groups (broad SMARTS) is 1. The molecule has 0 N–H and O–H groups in total. The monoisotopic (exact) mass is 344 g/mol. The van der Waals surface area contributed by atoms with Crippen LogP contribution in [0.1, 0.15) is 25.0 Å². The molecule has 1 amide bonds. The van der Waals surface area contributed by atoms with E-state index in [1.165, 1.54) is 0 Å². The first-order valence-electron chi connectivity index (χ1n) is 8.95. The minimum absolute atomic E-state index is 0.00875. The number of carbonyl (C=O) groups is 2. The van der Waals surface area contributed by atoms with Crippen LogP contribution in [0, 0.1) is 23.7 Å². The number of hydrogen-bond acceptors (Lipinski definition) is 5. The Hall–Kier alpha value is -2.08. The van der Waals surface area contributed by atoms with E-state index in [9.17, 15) is 14.7 Å². The van der Waals surface area contributed by atoms with Crippen LogP contribution in [0.3, 0.4) is 0 Å². The van der Waals surface area contributed by atoms with E-state index >= 15 is 0 Å². The van der Waals surface area contributed by atoms with Crippen molar-refractivity contribution in [1.82, 2.24) is 4.90 Å². The summed E-state index contributed by atoms with van der Waals surface area (Å²) in [5.41, 5.74) is 0. The Morgan fingerprint density at radius 3 is 2.68 bits per heavy atom. The van der Waals surface area contributed by atoms with Gasteiger partial charge in [-0.15, -0.1) is 0 Å². The van der Waals surface area contributed by atoms with Gasteiger partial charge in [-0.25, -0.2) is 0 Å². The van der Waals surface area contributed by atoms with Crippen LogP contribution in [0.15, 0.2) is 35.0 Å². The molecule has 4 rings (SSSR count). The summed E-state index contributed by atoms with van der Waals surface area (Å²) in [7, 11) is 0. The number of ether oxygens (including phenoxy) is 1. The maximum absolute atomic E-state index is 13.3. The summed E-state index contributed by atoms with van der Waals surface area (Å²) in [5.74, 6) is -1.93. The summed E-state index contributed by atoms with van der Waals surface area (Å²) in [6, 6.07) is 3.61. The van der Waals surface area contributed by atoms with E-state index in [4.69, 9.17) is 9.15 Å². The molecule has 2 bridgehead atoms. The SMILES string of the molecule is O=C([O-])[C@@H]1[C@H](C(=O)N(Cc2ccco2)C[C@H]2CCCO2)[C@H]2C=C[C@@H]1C2. The third-order valence-corrected chi connectivity index (χ3v) is 5.70. The molecule has 1 aromatic heterocycles. The molecule has 1 saturated heterocycles.